The van der Waals surface area contributed by atoms with Gasteiger partial charge in [0.05, 0.1) is 23.1 Å². The van der Waals surface area contributed by atoms with Crippen molar-refractivity contribution in [3.05, 3.63) is 51.0 Å². The Hall–Kier alpha value is -2.88. The summed E-state index contributed by atoms with van der Waals surface area (Å²) in [4.78, 5) is 27.8. The van der Waals surface area contributed by atoms with E-state index in [4.69, 9.17) is 9.47 Å². The fourth-order valence-electron chi connectivity index (χ4n) is 3.41. The number of nitrogens with one attached hydrogen (secondary N) is 1. The lowest BCUT2D eigenvalue weighted by Gasteiger charge is -2.05. The lowest BCUT2D eigenvalue weighted by molar-refractivity contribution is 0.103. The number of nitrogens with zero attached hydrogens (tertiary/aromatic N) is 3. The van der Waals surface area contributed by atoms with E-state index >= 15 is 0 Å². The average Bonchev–Trinajstić information content (AvgIpc) is 3.32. The summed E-state index contributed by atoms with van der Waals surface area (Å²) in [7, 11) is 3.14. The lowest BCUT2D eigenvalue weighted by atomic mass is 10.0. The number of aromatic nitrogens is 3. The standard InChI is InChI=1S/C22H22N4O3S2/c1-11-6-7-14(12(2)8-11)15-10-30-22(23-15)26-19(27)18-13(3)17-20(29-5)24-16(9-28-4)25-21(17)31-18/h6-8,10H,9H2,1-5H3,(H,23,26,27). The van der Waals surface area contributed by atoms with Gasteiger partial charge >= 0.3 is 0 Å². The zero-order valence-corrected chi connectivity index (χ0v) is 19.5. The van der Waals surface area contributed by atoms with Crippen LogP contribution in [0.1, 0.15) is 32.2 Å². The first kappa shape index (κ1) is 21.4. The van der Waals surface area contributed by atoms with Crippen LogP contribution in [0.2, 0.25) is 0 Å². The van der Waals surface area contributed by atoms with Crippen LogP contribution in [0.25, 0.3) is 21.5 Å². The van der Waals surface area contributed by atoms with E-state index in [1.54, 1.807) is 14.2 Å². The molecule has 3 aromatic heterocycles. The monoisotopic (exact) mass is 454 g/mol. The Balaban J connectivity index is 1.63. The molecule has 1 N–H and O–H groups in total. The van der Waals surface area contributed by atoms with Crippen molar-refractivity contribution in [1.29, 1.82) is 0 Å². The fraction of sp³-hybridized carbons (Fsp3) is 0.273. The summed E-state index contributed by atoms with van der Waals surface area (Å²) in [6, 6.07) is 6.25. The maximum absolute atomic E-state index is 13.0. The third kappa shape index (κ3) is 4.16. The molecule has 0 radical (unpaired) electrons. The fourth-order valence-corrected chi connectivity index (χ4v) is 5.20. The number of amides is 1. The molecule has 0 aliphatic heterocycles. The molecular formula is C22H22N4O3S2. The minimum atomic E-state index is -0.225. The summed E-state index contributed by atoms with van der Waals surface area (Å²) >= 11 is 2.71. The zero-order chi connectivity index (χ0) is 22.1. The topological polar surface area (TPSA) is 86.2 Å². The first-order valence-electron chi connectivity index (χ1n) is 9.58. The first-order valence-corrected chi connectivity index (χ1v) is 11.3. The second-order valence-corrected chi connectivity index (χ2v) is 8.99. The molecule has 0 unspecified atom stereocenters. The number of hydrogen-bond donors (Lipinski definition) is 1. The molecule has 7 nitrogen and oxygen atoms in total. The van der Waals surface area contributed by atoms with Gasteiger partial charge in [-0.15, -0.1) is 22.7 Å². The van der Waals surface area contributed by atoms with Crippen LogP contribution in [-0.4, -0.2) is 35.1 Å². The number of thiophene rings is 1. The van der Waals surface area contributed by atoms with Crippen molar-refractivity contribution < 1.29 is 14.3 Å². The molecule has 160 valence electrons. The third-order valence-electron chi connectivity index (χ3n) is 4.86. The Morgan fingerprint density at radius 3 is 2.65 bits per heavy atom. The molecule has 4 rings (SSSR count). The number of anilines is 1. The van der Waals surface area contributed by atoms with Crippen molar-refractivity contribution in [1.82, 2.24) is 15.0 Å². The molecule has 3 heterocycles. The number of carbonyl (C=O) groups excluding carboxylic acids is 1. The Bertz CT molecular complexity index is 1280. The normalized spacial score (nSPS) is 11.1. The average molecular weight is 455 g/mol. The van der Waals surface area contributed by atoms with Crippen LogP contribution >= 0.6 is 22.7 Å². The Labute approximate surface area is 188 Å². The van der Waals surface area contributed by atoms with E-state index in [1.165, 1.54) is 28.2 Å². The number of methoxy groups -OCH3 is 2. The number of benzene rings is 1. The minimum absolute atomic E-state index is 0.225. The van der Waals surface area contributed by atoms with Gasteiger partial charge in [-0.05, 0) is 31.9 Å². The summed E-state index contributed by atoms with van der Waals surface area (Å²) in [6.07, 6.45) is 0. The Kier molecular flexibility index (Phi) is 5.99. The second kappa shape index (κ2) is 8.70. The van der Waals surface area contributed by atoms with Crippen LogP contribution in [0, 0.1) is 20.8 Å². The molecule has 31 heavy (non-hydrogen) atoms. The summed E-state index contributed by atoms with van der Waals surface area (Å²) in [5, 5.41) is 6.17. The largest absolute Gasteiger partial charge is 0.480 e. The van der Waals surface area contributed by atoms with Crippen LogP contribution in [-0.2, 0) is 11.3 Å². The van der Waals surface area contributed by atoms with Crippen LogP contribution < -0.4 is 10.1 Å². The molecule has 1 aromatic carbocycles. The summed E-state index contributed by atoms with van der Waals surface area (Å²) in [6.45, 7) is 6.27. The second-order valence-electron chi connectivity index (χ2n) is 7.13. The van der Waals surface area contributed by atoms with Crippen molar-refractivity contribution in [2.24, 2.45) is 0 Å². The molecule has 0 fully saturated rings. The van der Waals surface area contributed by atoms with E-state index in [-0.39, 0.29) is 12.5 Å². The predicted molar refractivity (Wildman–Crippen MR) is 124 cm³/mol. The molecule has 1 amide bonds. The number of ether oxygens (including phenoxy) is 2. The molecule has 9 heteroatoms. The highest BCUT2D eigenvalue weighted by atomic mass is 32.1. The third-order valence-corrected chi connectivity index (χ3v) is 6.80. The van der Waals surface area contributed by atoms with E-state index in [1.807, 2.05) is 12.3 Å². The summed E-state index contributed by atoms with van der Waals surface area (Å²) < 4.78 is 10.6. The number of aryl methyl sites for hydroxylation is 3. The Morgan fingerprint density at radius 1 is 1.13 bits per heavy atom. The molecule has 0 saturated carbocycles. The molecule has 0 atom stereocenters. The number of thiazole rings is 1. The maximum Gasteiger partial charge on any atom is 0.267 e. The quantitative estimate of drug-likeness (QED) is 0.434. The van der Waals surface area contributed by atoms with Crippen molar-refractivity contribution in [3.63, 3.8) is 0 Å². The number of fused-ring (bicyclic) bond motifs is 1. The zero-order valence-electron chi connectivity index (χ0n) is 17.9. The van der Waals surface area contributed by atoms with E-state index < -0.39 is 0 Å². The first-order chi connectivity index (χ1) is 14.9. The summed E-state index contributed by atoms with van der Waals surface area (Å²) in [5.74, 6) is 0.728. The van der Waals surface area contributed by atoms with Gasteiger partial charge in [0.2, 0.25) is 5.88 Å². The molecule has 0 aliphatic rings. The van der Waals surface area contributed by atoms with E-state index in [0.29, 0.717) is 26.5 Å². The molecular weight excluding hydrogens is 432 g/mol. The minimum Gasteiger partial charge on any atom is -0.480 e. The van der Waals surface area contributed by atoms with Gasteiger partial charge in [-0.1, -0.05) is 23.8 Å². The van der Waals surface area contributed by atoms with E-state index in [0.717, 1.165) is 27.8 Å². The Morgan fingerprint density at radius 2 is 1.94 bits per heavy atom. The lowest BCUT2D eigenvalue weighted by Crippen LogP contribution is -2.11. The van der Waals surface area contributed by atoms with Gasteiger partial charge < -0.3 is 9.47 Å². The highest BCUT2D eigenvalue weighted by Crippen LogP contribution is 2.36. The van der Waals surface area contributed by atoms with Gasteiger partial charge in [0.25, 0.3) is 5.91 Å². The maximum atomic E-state index is 13.0. The van der Waals surface area contributed by atoms with Crippen LogP contribution in [0.15, 0.2) is 23.6 Å². The van der Waals surface area contributed by atoms with Gasteiger partial charge in [0.15, 0.2) is 11.0 Å². The van der Waals surface area contributed by atoms with Crippen LogP contribution in [0.3, 0.4) is 0 Å². The van der Waals surface area contributed by atoms with Gasteiger partial charge in [0, 0.05) is 18.1 Å². The highest BCUT2D eigenvalue weighted by Gasteiger charge is 2.22. The van der Waals surface area contributed by atoms with Gasteiger partial charge in [-0.3, -0.25) is 10.1 Å². The summed E-state index contributed by atoms with van der Waals surface area (Å²) in [5.41, 5.74) is 5.05. The van der Waals surface area contributed by atoms with Gasteiger partial charge in [-0.2, -0.15) is 4.98 Å². The SMILES string of the molecule is COCc1nc(OC)c2c(C)c(C(=O)Nc3nc(-c4ccc(C)cc4C)cs3)sc2n1. The number of rotatable bonds is 6. The van der Waals surface area contributed by atoms with Gasteiger partial charge in [0.1, 0.15) is 11.4 Å². The van der Waals surface area contributed by atoms with Crippen LogP contribution in [0.5, 0.6) is 5.88 Å². The van der Waals surface area contributed by atoms with Crippen molar-refractivity contribution in [2.45, 2.75) is 27.4 Å². The van der Waals surface area contributed by atoms with E-state index in [2.05, 4.69) is 52.3 Å². The predicted octanol–water partition coefficient (Wildman–Crippen LogP) is 5.15. The smallest absolute Gasteiger partial charge is 0.267 e. The van der Waals surface area contributed by atoms with Crippen molar-refractivity contribution in [3.8, 4) is 17.1 Å². The van der Waals surface area contributed by atoms with Gasteiger partial charge in [-0.25, -0.2) is 9.97 Å². The molecule has 0 saturated heterocycles. The van der Waals surface area contributed by atoms with Crippen molar-refractivity contribution in [2.75, 3.05) is 19.5 Å². The molecule has 0 spiro atoms. The number of hydrogen-bond acceptors (Lipinski definition) is 8. The molecule has 0 aliphatic carbocycles. The number of carbonyl (C=O) groups is 1. The molecule has 4 aromatic rings. The molecule has 0 bridgehead atoms. The van der Waals surface area contributed by atoms with Crippen molar-refractivity contribution >= 4 is 43.9 Å². The highest BCUT2D eigenvalue weighted by molar-refractivity contribution is 7.21. The van der Waals surface area contributed by atoms with E-state index in [9.17, 15) is 4.79 Å². The van der Waals surface area contributed by atoms with Crippen LogP contribution in [0.4, 0.5) is 5.13 Å².